The van der Waals surface area contributed by atoms with E-state index >= 15 is 0 Å². The summed E-state index contributed by atoms with van der Waals surface area (Å²) in [5.74, 6) is 0.356. The standard InChI is InChI=1S/C6H3ClIN3/c7-5-3(2-9)1-4(8)6(10)11-5/h1H,(H2,10,11). The van der Waals surface area contributed by atoms with Crippen molar-refractivity contribution in [2.75, 3.05) is 5.73 Å². The zero-order valence-corrected chi connectivity index (χ0v) is 8.22. The van der Waals surface area contributed by atoms with E-state index in [4.69, 9.17) is 22.6 Å². The number of hydrogen-bond donors (Lipinski definition) is 1. The van der Waals surface area contributed by atoms with Crippen LogP contribution >= 0.6 is 34.2 Å². The average molecular weight is 279 g/mol. The molecule has 0 aliphatic carbocycles. The molecule has 0 fully saturated rings. The van der Waals surface area contributed by atoms with E-state index in [1.165, 1.54) is 0 Å². The number of hydrogen-bond acceptors (Lipinski definition) is 3. The van der Waals surface area contributed by atoms with Crippen molar-refractivity contribution in [3.05, 3.63) is 20.4 Å². The smallest absolute Gasteiger partial charge is 0.149 e. The first-order chi connectivity index (χ1) is 5.15. The molecule has 5 heteroatoms. The Hall–Kier alpha value is -0.540. The summed E-state index contributed by atoms with van der Waals surface area (Å²) in [4.78, 5) is 3.76. The maximum atomic E-state index is 8.52. The molecule has 3 nitrogen and oxygen atoms in total. The summed E-state index contributed by atoms with van der Waals surface area (Å²) in [6.45, 7) is 0. The van der Waals surface area contributed by atoms with Crippen LogP contribution in [-0.2, 0) is 0 Å². The molecule has 0 aliphatic heterocycles. The molecule has 0 unspecified atom stereocenters. The van der Waals surface area contributed by atoms with Crippen LogP contribution in [0, 0.1) is 14.9 Å². The minimum absolute atomic E-state index is 0.158. The van der Waals surface area contributed by atoms with E-state index in [2.05, 4.69) is 4.98 Å². The van der Waals surface area contributed by atoms with Crippen molar-refractivity contribution in [1.82, 2.24) is 4.98 Å². The second kappa shape index (κ2) is 3.24. The van der Waals surface area contributed by atoms with Gasteiger partial charge in [-0.15, -0.1) is 0 Å². The lowest BCUT2D eigenvalue weighted by molar-refractivity contribution is 1.29. The number of aromatic nitrogens is 1. The predicted molar refractivity (Wildman–Crippen MR) is 51.1 cm³/mol. The van der Waals surface area contributed by atoms with Gasteiger partial charge in [-0.05, 0) is 28.7 Å². The fourth-order valence-corrected chi connectivity index (χ4v) is 1.18. The van der Waals surface area contributed by atoms with Crippen LogP contribution in [0.1, 0.15) is 5.56 Å². The van der Waals surface area contributed by atoms with E-state index in [-0.39, 0.29) is 5.15 Å². The summed E-state index contributed by atoms with van der Waals surface area (Å²) in [7, 11) is 0. The Kier molecular flexibility index (Phi) is 2.52. The van der Waals surface area contributed by atoms with Crippen molar-refractivity contribution < 1.29 is 0 Å². The highest BCUT2D eigenvalue weighted by atomic mass is 127. The van der Waals surface area contributed by atoms with Crippen molar-refractivity contribution in [2.45, 2.75) is 0 Å². The van der Waals surface area contributed by atoms with Gasteiger partial charge in [0.25, 0.3) is 0 Å². The minimum atomic E-state index is 0.158. The lowest BCUT2D eigenvalue weighted by Crippen LogP contribution is -1.95. The Bertz CT molecular complexity index is 331. The van der Waals surface area contributed by atoms with Crippen molar-refractivity contribution in [3.8, 4) is 6.07 Å². The number of nitrogen functional groups attached to an aromatic ring is 1. The molecule has 0 radical (unpaired) electrons. The summed E-state index contributed by atoms with van der Waals surface area (Å²) in [5.41, 5.74) is 5.78. The molecule has 1 aromatic rings. The summed E-state index contributed by atoms with van der Waals surface area (Å²) < 4.78 is 0.739. The van der Waals surface area contributed by atoms with E-state index in [0.29, 0.717) is 11.4 Å². The number of nitrogens with zero attached hydrogens (tertiary/aromatic N) is 2. The molecule has 11 heavy (non-hydrogen) atoms. The third kappa shape index (κ3) is 1.73. The molecule has 0 saturated heterocycles. The Balaban J connectivity index is 3.35. The average Bonchev–Trinajstić information content (AvgIpc) is 1.97. The zero-order valence-electron chi connectivity index (χ0n) is 5.31. The topological polar surface area (TPSA) is 62.7 Å². The number of anilines is 1. The van der Waals surface area contributed by atoms with Gasteiger partial charge < -0.3 is 5.73 Å². The minimum Gasteiger partial charge on any atom is -0.383 e. The number of halogens is 2. The number of rotatable bonds is 0. The van der Waals surface area contributed by atoms with Gasteiger partial charge in [0.15, 0.2) is 0 Å². The van der Waals surface area contributed by atoms with E-state index in [9.17, 15) is 0 Å². The zero-order chi connectivity index (χ0) is 8.43. The molecular formula is C6H3ClIN3. The molecule has 0 aromatic carbocycles. The molecule has 0 amide bonds. The molecule has 0 bridgehead atoms. The third-order valence-corrected chi connectivity index (χ3v) is 2.23. The summed E-state index contributed by atoms with van der Waals surface area (Å²) >= 11 is 7.58. The fourth-order valence-electron chi connectivity index (χ4n) is 0.558. The SMILES string of the molecule is N#Cc1cc(I)c(N)nc1Cl. The fraction of sp³-hybridized carbons (Fsp3) is 0. The lowest BCUT2D eigenvalue weighted by atomic mass is 10.3. The van der Waals surface area contributed by atoms with Crippen molar-refractivity contribution in [2.24, 2.45) is 0 Å². The quantitative estimate of drug-likeness (QED) is 0.582. The summed E-state index contributed by atoms with van der Waals surface area (Å²) in [6.07, 6.45) is 0. The van der Waals surface area contributed by atoms with Crippen LogP contribution in [0.25, 0.3) is 0 Å². The van der Waals surface area contributed by atoms with Crippen LogP contribution < -0.4 is 5.73 Å². The Morgan fingerprint density at radius 3 is 2.91 bits per heavy atom. The maximum absolute atomic E-state index is 8.52. The normalized spacial score (nSPS) is 9.18. The first-order valence-corrected chi connectivity index (χ1v) is 4.12. The van der Waals surface area contributed by atoms with Gasteiger partial charge in [0.05, 0.1) is 9.13 Å². The lowest BCUT2D eigenvalue weighted by Gasteiger charge is -1.98. The van der Waals surface area contributed by atoms with Crippen LogP contribution in [0.3, 0.4) is 0 Å². The first kappa shape index (κ1) is 8.56. The second-order valence-corrected chi connectivity index (χ2v) is 3.33. The van der Waals surface area contributed by atoms with Crippen molar-refractivity contribution in [3.63, 3.8) is 0 Å². The van der Waals surface area contributed by atoms with Crippen LogP contribution in [0.2, 0.25) is 5.15 Å². The molecule has 1 heterocycles. The van der Waals surface area contributed by atoms with Gasteiger partial charge in [0.1, 0.15) is 17.0 Å². The van der Waals surface area contributed by atoms with Gasteiger partial charge in [-0.2, -0.15) is 5.26 Å². The van der Waals surface area contributed by atoms with Gasteiger partial charge in [0, 0.05) is 0 Å². The molecule has 56 valence electrons. The molecule has 1 rings (SSSR count). The molecule has 0 aliphatic rings. The number of pyridine rings is 1. The third-order valence-electron chi connectivity index (χ3n) is 1.08. The van der Waals surface area contributed by atoms with Gasteiger partial charge >= 0.3 is 0 Å². The summed E-state index contributed by atoms with van der Waals surface area (Å²) in [5, 5.41) is 8.67. The number of nitrogens with two attached hydrogens (primary N) is 1. The van der Waals surface area contributed by atoms with Crippen LogP contribution in [-0.4, -0.2) is 4.98 Å². The summed E-state index contributed by atoms with van der Waals surface area (Å²) in [6, 6.07) is 3.51. The van der Waals surface area contributed by atoms with Gasteiger partial charge in [-0.25, -0.2) is 4.98 Å². The highest BCUT2D eigenvalue weighted by molar-refractivity contribution is 14.1. The van der Waals surface area contributed by atoms with Crippen LogP contribution in [0.15, 0.2) is 6.07 Å². The van der Waals surface area contributed by atoms with Crippen LogP contribution in [0.5, 0.6) is 0 Å². The van der Waals surface area contributed by atoms with Gasteiger partial charge in [-0.1, -0.05) is 11.6 Å². The predicted octanol–water partition coefficient (Wildman–Crippen LogP) is 1.79. The van der Waals surface area contributed by atoms with Gasteiger partial charge in [-0.3, -0.25) is 0 Å². The van der Waals surface area contributed by atoms with E-state index < -0.39 is 0 Å². The monoisotopic (exact) mass is 279 g/mol. The molecule has 0 spiro atoms. The first-order valence-electron chi connectivity index (χ1n) is 2.66. The van der Waals surface area contributed by atoms with Crippen molar-refractivity contribution >= 4 is 40.0 Å². The maximum Gasteiger partial charge on any atom is 0.149 e. The second-order valence-electron chi connectivity index (χ2n) is 1.81. The number of nitriles is 1. The highest BCUT2D eigenvalue weighted by Gasteiger charge is 2.04. The molecular weight excluding hydrogens is 276 g/mol. The van der Waals surface area contributed by atoms with Gasteiger partial charge in [0.2, 0.25) is 0 Å². The largest absolute Gasteiger partial charge is 0.383 e. The Labute approximate surface area is 82.3 Å². The van der Waals surface area contributed by atoms with E-state index in [1.807, 2.05) is 28.7 Å². The molecule has 2 N–H and O–H groups in total. The molecule has 0 saturated carbocycles. The van der Waals surface area contributed by atoms with E-state index in [0.717, 1.165) is 3.57 Å². The Morgan fingerprint density at radius 1 is 1.73 bits per heavy atom. The Morgan fingerprint density at radius 2 is 2.36 bits per heavy atom. The van der Waals surface area contributed by atoms with Crippen molar-refractivity contribution in [1.29, 1.82) is 5.26 Å². The molecule has 0 atom stereocenters. The molecule has 1 aromatic heterocycles. The van der Waals surface area contributed by atoms with Crippen LogP contribution in [0.4, 0.5) is 5.82 Å². The van der Waals surface area contributed by atoms with E-state index in [1.54, 1.807) is 6.07 Å². The highest BCUT2D eigenvalue weighted by Crippen LogP contribution is 2.19.